The summed E-state index contributed by atoms with van der Waals surface area (Å²) in [5, 5.41) is 0. The highest BCUT2D eigenvalue weighted by Gasteiger charge is 2.30. The maximum absolute atomic E-state index is 4.91. The van der Waals surface area contributed by atoms with E-state index in [0.29, 0.717) is 5.41 Å². The summed E-state index contributed by atoms with van der Waals surface area (Å²) in [5.41, 5.74) is 0.653. The van der Waals surface area contributed by atoms with Gasteiger partial charge in [-0.05, 0) is 29.9 Å². The van der Waals surface area contributed by atoms with Crippen LogP contribution in [0.5, 0.6) is 5.75 Å². The van der Waals surface area contributed by atoms with Crippen LogP contribution in [0.3, 0.4) is 0 Å². The molecule has 1 atom stereocenters. The lowest BCUT2D eigenvalue weighted by atomic mass is 9.83. The molecule has 1 aliphatic carbocycles. The van der Waals surface area contributed by atoms with Crippen LogP contribution in [0.15, 0.2) is 30.3 Å². The zero-order valence-corrected chi connectivity index (χ0v) is 17.0. The first-order valence-corrected chi connectivity index (χ1v) is 9.15. The Morgan fingerprint density at radius 2 is 1.36 bits per heavy atom. The molecule has 1 unspecified atom stereocenters. The molecular formula is C21H42O. The quantitative estimate of drug-likeness (QED) is 0.518. The van der Waals surface area contributed by atoms with Gasteiger partial charge in [-0.25, -0.2) is 0 Å². The molecule has 1 aromatic rings. The van der Waals surface area contributed by atoms with E-state index in [1.165, 1.54) is 19.3 Å². The van der Waals surface area contributed by atoms with Gasteiger partial charge in [0.2, 0.25) is 0 Å². The van der Waals surface area contributed by atoms with Crippen molar-refractivity contribution in [1.29, 1.82) is 0 Å². The second-order valence-electron chi connectivity index (χ2n) is 5.30. The Balaban J connectivity index is -0.000000246. The van der Waals surface area contributed by atoms with E-state index in [4.69, 9.17) is 4.74 Å². The fourth-order valence-electron chi connectivity index (χ4n) is 2.06. The average Bonchev–Trinajstić information content (AvgIpc) is 2.91. The van der Waals surface area contributed by atoms with Gasteiger partial charge in [-0.3, -0.25) is 0 Å². The molecule has 1 nitrogen and oxygen atoms in total. The summed E-state index contributed by atoms with van der Waals surface area (Å²) in [4.78, 5) is 0. The highest BCUT2D eigenvalue weighted by molar-refractivity contribution is 5.20. The molecule has 0 amide bonds. The molecule has 132 valence electrons. The first-order chi connectivity index (χ1) is 10.6. The zero-order valence-electron chi connectivity index (χ0n) is 17.0. The van der Waals surface area contributed by atoms with Crippen molar-refractivity contribution in [3.63, 3.8) is 0 Å². The van der Waals surface area contributed by atoms with Crippen molar-refractivity contribution in [3.05, 3.63) is 30.3 Å². The van der Waals surface area contributed by atoms with Gasteiger partial charge < -0.3 is 4.74 Å². The van der Waals surface area contributed by atoms with E-state index >= 15 is 0 Å². The fraction of sp³-hybridized carbons (Fsp3) is 0.714. The van der Waals surface area contributed by atoms with Crippen LogP contribution in [0.25, 0.3) is 0 Å². The van der Waals surface area contributed by atoms with Gasteiger partial charge in [-0.2, -0.15) is 0 Å². The van der Waals surface area contributed by atoms with Crippen LogP contribution in [-0.2, 0) is 0 Å². The van der Waals surface area contributed by atoms with E-state index in [9.17, 15) is 0 Å². The molecule has 1 fully saturated rings. The molecule has 1 saturated carbocycles. The zero-order chi connectivity index (χ0) is 18.0. The maximum Gasteiger partial charge on any atom is 0.118 e. The molecule has 0 bridgehead atoms. The first kappa shape index (κ1) is 25.9. The summed E-state index contributed by atoms with van der Waals surface area (Å²) in [7, 11) is 1.66. The van der Waals surface area contributed by atoms with Gasteiger partial charge >= 0.3 is 0 Å². The highest BCUT2D eigenvalue weighted by atomic mass is 16.5. The molecule has 22 heavy (non-hydrogen) atoms. The van der Waals surface area contributed by atoms with Crippen LogP contribution in [0.2, 0.25) is 0 Å². The Kier molecular flexibility index (Phi) is 21.3. The summed E-state index contributed by atoms with van der Waals surface area (Å²) in [6, 6.07) is 9.68. The van der Waals surface area contributed by atoms with Crippen molar-refractivity contribution in [3.8, 4) is 5.75 Å². The molecular weight excluding hydrogens is 268 g/mol. The lowest BCUT2D eigenvalue weighted by molar-refractivity contribution is 0.281. The number of methoxy groups -OCH3 is 1. The van der Waals surface area contributed by atoms with Gasteiger partial charge in [0, 0.05) is 0 Å². The summed E-state index contributed by atoms with van der Waals surface area (Å²) in [6.07, 6.45) is 4.34. The molecule has 0 aromatic heterocycles. The highest BCUT2D eigenvalue weighted by Crippen LogP contribution is 2.41. The molecule has 2 rings (SSSR count). The van der Waals surface area contributed by atoms with E-state index in [0.717, 1.165) is 11.7 Å². The third-order valence-electron chi connectivity index (χ3n) is 3.77. The van der Waals surface area contributed by atoms with Crippen molar-refractivity contribution in [2.45, 2.75) is 81.6 Å². The number of para-hydroxylation sites is 1. The number of ether oxygens (including phenoxy) is 1. The predicted molar refractivity (Wildman–Crippen MR) is 104 cm³/mol. The Morgan fingerprint density at radius 1 is 0.909 bits per heavy atom. The van der Waals surface area contributed by atoms with Crippen LogP contribution in [0.1, 0.15) is 81.6 Å². The van der Waals surface area contributed by atoms with Crippen molar-refractivity contribution < 1.29 is 4.74 Å². The Hall–Kier alpha value is -0.980. The molecule has 1 heteroatoms. The monoisotopic (exact) mass is 310 g/mol. The number of hydrogen-bond acceptors (Lipinski definition) is 1. The number of benzene rings is 1. The fourth-order valence-corrected chi connectivity index (χ4v) is 2.06. The standard InChI is InChI=1S/C8H16.C7H8O.3C2H6/c1-7-5-4-6-8(7,2)3;1-8-7-5-3-2-4-6-7;3*1-2/h7H,4-6H2,1-3H3;2-6H,1H3;3*1-2H3. The minimum atomic E-state index is 0.653. The Labute approximate surface area is 141 Å². The lowest BCUT2D eigenvalue weighted by Crippen LogP contribution is -2.13. The molecule has 0 N–H and O–H groups in total. The van der Waals surface area contributed by atoms with Gasteiger partial charge in [-0.1, -0.05) is 93.4 Å². The van der Waals surface area contributed by atoms with E-state index in [1.54, 1.807) is 7.11 Å². The molecule has 1 aliphatic rings. The smallest absolute Gasteiger partial charge is 0.118 e. The van der Waals surface area contributed by atoms with Crippen molar-refractivity contribution in [2.75, 3.05) is 7.11 Å². The SMILES string of the molecule is CC.CC.CC.CC1CCCC1(C)C.COc1ccccc1. The van der Waals surface area contributed by atoms with Crippen molar-refractivity contribution >= 4 is 0 Å². The molecule has 0 spiro atoms. The molecule has 0 aliphatic heterocycles. The summed E-state index contributed by atoms with van der Waals surface area (Å²) >= 11 is 0. The minimum Gasteiger partial charge on any atom is -0.497 e. The number of hydrogen-bond donors (Lipinski definition) is 0. The van der Waals surface area contributed by atoms with Crippen molar-refractivity contribution in [1.82, 2.24) is 0 Å². The Bertz CT molecular complexity index is 290. The largest absolute Gasteiger partial charge is 0.497 e. The predicted octanol–water partition coefficient (Wildman–Crippen LogP) is 7.61. The maximum atomic E-state index is 4.91. The van der Waals surface area contributed by atoms with Crippen LogP contribution in [-0.4, -0.2) is 7.11 Å². The molecule has 1 aromatic carbocycles. The third kappa shape index (κ3) is 12.7. The van der Waals surface area contributed by atoms with Crippen LogP contribution in [0, 0.1) is 11.3 Å². The van der Waals surface area contributed by atoms with Gasteiger partial charge in [0.15, 0.2) is 0 Å². The second-order valence-corrected chi connectivity index (χ2v) is 5.30. The number of rotatable bonds is 1. The third-order valence-corrected chi connectivity index (χ3v) is 3.77. The Morgan fingerprint density at radius 3 is 1.55 bits per heavy atom. The lowest BCUT2D eigenvalue weighted by Gasteiger charge is -2.22. The average molecular weight is 311 g/mol. The van der Waals surface area contributed by atoms with Crippen LogP contribution in [0.4, 0.5) is 0 Å². The summed E-state index contributed by atoms with van der Waals surface area (Å²) < 4.78 is 4.91. The second kappa shape index (κ2) is 18.1. The van der Waals surface area contributed by atoms with E-state index in [2.05, 4.69) is 20.8 Å². The topological polar surface area (TPSA) is 9.23 Å². The van der Waals surface area contributed by atoms with E-state index in [1.807, 2.05) is 71.9 Å². The molecule has 0 saturated heterocycles. The van der Waals surface area contributed by atoms with Crippen LogP contribution >= 0.6 is 0 Å². The van der Waals surface area contributed by atoms with Gasteiger partial charge in [0.25, 0.3) is 0 Å². The van der Waals surface area contributed by atoms with E-state index in [-0.39, 0.29) is 0 Å². The van der Waals surface area contributed by atoms with Gasteiger partial charge in [0.1, 0.15) is 5.75 Å². The summed E-state index contributed by atoms with van der Waals surface area (Å²) in [6.45, 7) is 19.1. The van der Waals surface area contributed by atoms with Gasteiger partial charge in [0.05, 0.1) is 7.11 Å². The minimum absolute atomic E-state index is 0.653. The summed E-state index contributed by atoms with van der Waals surface area (Å²) in [5.74, 6) is 1.87. The van der Waals surface area contributed by atoms with Crippen molar-refractivity contribution in [2.24, 2.45) is 11.3 Å². The normalized spacial score (nSPS) is 16.9. The molecule has 0 radical (unpaired) electrons. The van der Waals surface area contributed by atoms with Crippen LogP contribution < -0.4 is 4.74 Å². The van der Waals surface area contributed by atoms with E-state index < -0.39 is 0 Å². The van der Waals surface area contributed by atoms with Gasteiger partial charge in [-0.15, -0.1) is 0 Å². The first-order valence-electron chi connectivity index (χ1n) is 9.15. The molecule has 0 heterocycles.